The predicted octanol–water partition coefficient (Wildman–Crippen LogP) is -0.153. The Bertz CT molecular complexity index is 424. The van der Waals surface area contributed by atoms with Crippen LogP contribution in [0.25, 0.3) is 0 Å². The quantitative estimate of drug-likeness (QED) is 0.574. The van der Waals surface area contributed by atoms with Crippen molar-refractivity contribution in [3.8, 4) is 0 Å². The molecule has 5 saturated carbocycles. The van der Waals surface area contributed by atoms with Crippen LogP contribution in [0.2, 0.25) is 0 Å². The minimum Gasteiger partial charge on any atom is -0.396 e. The summed E-state index contributed by atoms with van der Waals surface area (Å²) in [5.41, 5.74) is -0.571. The van der Waals surface area contributed by atoms with E-state index in [-0.39, 0.29) is 53.8 Å². The molecule has 6 bridgehead atoms. The molecule has 0 aromatic rings. The van der Waals surface area contributed by atoms with Gasteiger partial charge in [-0.25, -0.2) is 0 Å². The molecule has 5 rings (SSSR count). The van der Waals surface area contributed by atoms with Crippen LogP contribution < -0.4 is 0 Å². The Labute approximate surface area is 113 Å². The van der Waals surface area contributed by atoms with E-state index in [4.69, 9.17) is 0 Å². The van der Waals surface area contributed by atoms with Crippen molar-refractivity contribution in [2.75, 3.05) is 13.2 Å². The summed E-state index contributed by atoms with van der Waals surface area (Å²) in [5, 5.41) is 40.6. The number of aliphatic hydroxyl groups excluding tert-OH is 4. The Morgan fingerprint density at radius 2 is 1.84 bits per heavy atom. The lowest BCUT2D eigenvalue weighted by atomic mass is 9.59. The van der Waals surface area contributed by atoms with Gasteiger partial charge in [0.1, 0.15) is 0 Å². The third-order valence-electron chi connectivity index (χ3n) is 7.69. The van der Waals surface area contributed by atoms with Crippen molar-refractivity contribution in [2.45, 2.75) is 32.5 Å². The zero-order valence-electron chi connectivity index (χ0n) is 11.5. The van der Waals surface area contributed by atoms with Gasteiger partial charge in [0.05, 0.1) is 12.2 Å². The van der Waals surface area contributed by atoms with Gasteiger partial charge in [-0.05, 0) is 41.9 Å². The highest BCUT2D eigenvalue weighted by atomic mass is 16.3. The molecule has 19 heavy (non-hydrogen) atoms. The fraction of sp³-hybridized carbons (Fsp3) is 1.00. The minimum absolute atomic E-state index is 0.0835. The molecule has 108 valence electrons. The zero-order valence-corrected chi connectivity index (χ0v) is 11.5. The average Bonchev–Trinajstić information content (AvgIpc) is 2.85. The molecule has 0 aromatic heterocycles. The first-order valence-electron chi connectivity index (χ1n) is 7.54. The van der Waals surface area contributed by atoms with Crippen LogP contribution >= 0.6 is 0 Å². The second-order valence-corrected chi connectivity index (χ2v) is 7.70. The molecule has 0 aromatic carbocycles. The third kappa shape index (κ3) is 0.973. The Hall–Kier alpha value is -0.160. The highest BCUT2D eigenvalue weighted by Crippen LogP contribution is 2.91. The first kappa shape index (κ1) is 12.6. The van der Waals surface area contributed by atoms with Gasteiger partial charge in [-0.15, -0.1) is 0 Å². The SMILES string of the molecule is C[C@H](CO)[C@@H]1C[C@@H](O)[C@@]2(C)[C@@H]3[C@H](O)[C@H]4[C@@H]([C@H]13)[C@]42CO. The van der Waals surface area contributed by atoms with Gasteiger partial charge in [0.15, 0.2) is 0 Å². The Morgan fingerprint density at radius 1 is 1.16 bits per heavy atom. The molecule has 4 nitrogen and oxygen atoms in total. The van der Waals surface area contributed by atoms with Crippen LogP contribution in [0.5, 0.6) is 0 Å². The number of hydrogen-bond donors (Lipinski definition) is 4. The van der Waals surface area contributed by atoms with Crippen molar-refractivity contribution < 1.29 is 20.4 Å². The Kier molecular flexibility index (Phi) is 2.22. The van der Waals surface area contributed by atoms with Crippen molar-refractivity contribution in [1.82, 2.24) is 0 Å². The van der Waals surface area contributed by atoms with E-state index in [0.29, 0.717) is 18.3 Å². The highest BCUT2D eigenvalue weighted by molar-refractivity contribution is 5.39. The van der Waals surface area contributed by atoms with Gasteiger partial charge in [0.25, 0.3) is 0 Å². The highest BCUT2D eigenvalue weighted by Gasteiger charge is 2.93. The van der Waals surface area contributed by atoms with Crippen LogP contribution in [0.3, 0.4) is 0 Å². The van der Waals surface area contributed by atoms with Gasteiger partial charge in [-0.1, -0.05) is 13.8 Å². The van der Waals surface area contributed by atoms with E-state index >= 15 is 0 Å². The molecule has 0 heterocycles. The lowest BCUT2D eigenvalue weighted by Crippen LogP contribution is -2.50. The maximum absolute atomic E-state index is 10.7. The molecule has 4 N–H and O–H groups in total. The van der Waals surface area contributed by atoms with E-state index in [0.717, 1.165) is 0 Å². The summed E-state index contributed by atoms with van der Waals surface area (Å²) < 4.78 is 0. The summed E-state index contributed by atoms with van der Waals surface area (Å²) in [6, 6.07) is 0. The molecule has 5 aliphatic carbocycles. The summed E-state index contributed by atoms with van der Waals surface area (Å²) in [5.74, 6) is 1.46. The Morgan fingerprint density at radius 3 is 2.42 bits per heavy atom. The van der Waals surface area contributed by atoms with Crippen molar-refractivity contribution in [1.29, 1.82) is 0 Å². The zero-order chi connectivity index (χ0) is 13.7. The fourth-order valence-corrected chi connectivity index (χ4v) is 6.91. The van der Waals surface area contributed by atoms with Crippen LogP contribution in [-0.2, 0) is 0 Å². The monoisotopic (exact) mass is 268 g/mol. The van der Waals surface area contributed by atoms with Crippen molar-refractivity contribution >= 4 is 0 Å². The molecule has 0 spiro atoms. The molecular formula is C15H24O4. The van der Waals surface area contributed by atoms with Gasteiger partial charge < -0.3 is 20.4 Å². The van der Waals surface area contributed by atoms with Crippen molar-refractivity contribution in [3.05, 3.63) is 0 Å². The summed E-state index contributed by atoms with van der Waals surface area (Å²) in [6.07, 6.45) is -0.126. The summed E-state index contributed by atoms with van der Waals surface area (Å²) in [6.45, 7) is 4.32. The van der Waals surface area contributed by atoms with Crippen LogP contribution in [0, 0.1) is 46.3 Å². The van der Waals surface area contributed by atoms with Crippen LogP contribution in [0.1, 0.15) is 20.3 Å². The van der Waals surface area contributed by atoms with Gasteiger partial charge in [0, 0.05) is 24.0 Å². The molecule has 5 fully saturated rings. The largest absolute Gasteiger partial charge is 0.396 e. The van der Waals surface area contributed by atoms with E-state index in [1.54, 1.807) is 0 Å². The lowest BCUT2D eigenvalue weighted by Gasteiger charge is -2.48. The molecule has 0 unspecified atom stereocenters. The maximum atomic E-state index is 10.7. The number of aliphatic hydroxyl groups is 4. The lowest BCUT2D eigenvalue weighted by molar-refractivity contribution is -0.107. The van der Waals surface area contributed by atoms with Crippen LogP contribution in [0.4, 0.5) is 0 Å². The van der Waals surface area contributed by atoms with Crippen molar-refractivity contribution in [3.63, 3.8) is 0 Å². The van der Waals surface area contributed by atoms with E-state index in [1.165, 1.54) is 0 Å². The number of hydrogen-bond acceptors (Lipinski definition) is 4. The molecule has 0 radical (unpaired) electrons. The van der Waals surface area contributed by atoms with Gasteiger partial charge in [0.2, 0.25) is 0 Å². The van der Waals surface area contributed by atoms with Gasteiger partial charge in [-0.2, -0.15) is 0 Å². The first-order chi connectivity index (χ1) is 8.96. The number of rotatable bonds is 3. The molecule has 10 atom stereocenters. The second-order valence-electron chi connectivity index (χ2n) is 7.70. The second kappa shape index (κ2) is 3.35. The average molecular weight is 268 g/mol. The Balaban J connectivity index is 1.81. The van der Waals surface area contributed by atoms with E-state index in [9.17, 15) is 20.4 Å². The van der Waals surface area contributed by atoms with Crippen molar-refractivity contribution in [2.24, 2.45) is 46.3 Å². The van der Waals surface area contributed by atoms with E-state index in [1.807, 2.05) is 6.92 Å². The van der Waals surface area contributed by atoms with E-state index in [2.05, 4.69) is 6.92 Å². The molecule has 0 saturated heterocycles. The normalized spacial score (nSPS) is 66.3. The maximum Gasteiger partial charge on any atom is 0.0615 e. The molecule has 0 aliphatic heterocycles. The van der Waals surface area contributed by atoms with Crippen LogP contribution in [0.15, 0.2) is 0 Å². The summed E-state index contributed by atoms with van der Waals surface area (Å²) >= 11 is 0. The van der Waals surface area contributed by atoms with Gasteiger partial charge >= 0.3 is 0 Å². The molecule has 5 aliphatic rings. The third-order valence-corrected chi connectivity index (χ3v) is 7.69. The van der Waals surface area contributed by atoms with Crippen LogP contribution in [-0.4, -0.2) is 45.8 Å². The minimum atomic E-state index is -0.466. The predicted molar refractivity (Wildman–Crippen MR) is 68.0 cm³/mol. The summed E-state index contributed by atoms with van der Waals surface area (Å²) in [4.78, 5) is 0. The van der Waals surface area contributed by atoms with Gasteiger partial charge in [-0.3, -0.25) is 0 Å². The first-order valence-corrected chi connectivity index (χ1v) is 7.54. The fourth-order valence-electron chi connectivity index (χ4n) is 6.91. The van der Waals surface area contributed by atoms with E-state index < -0.39 is 6.10 Å². The molecule has 4 heteroatoms. The molecule has 0 amide bonds. The topological polar surface area (TPSA) is 80.9 Å². The molecular weight excluding hydrogens is 244 g/mol. The standard InChI is InChI=1S/C15H24O4/c1-6(4-16)7-3-8(18)14(2)11-9(7)10-12(13(11)19)15(10,14)5-17/h6-13,16-19H,3-5H2,1-2H3/t6-,7+,8-,9+,10-,11+,12-,13+,14+,15-/m1/s1. The smallest absolute Gasteiger partial charge is 0.0615 e. The summed E-state index contributed by atoms with van der Waals surface area (Å²) in [7, 11) is 0.